The van der Waals surface area contributed by atoms with Crippen molar-refractivity contribution in [2.75, 3.05) is 13.1 Å². The van der Waals surface area contributed by atoms with Gasteiger partial charge in [0.05, 0.1) is 0 Å². The quantitative estimate of drug-likeness (QED) is 0.537. The number of carbonyl (C=O) groups excluding carboxylic acids is 1. The number of nitrogens with zero attached hydrogens (tertiary/aromatic N) is 2. The lowest BCUT2D eigenvalue weighted by molar-refractivity contribution is 0.0623. The SMILES string of the molecule is Cc1ccc(OCc2nc(-c3ccc(C(=O)N4C[C@H](C)C[C@@H](C)C4)cc3)oc2C)cc1. The van der Waals surface area contributed by atoms with Crippen molar-refractivity contribution >= 4 is 5.91 Å². The van der Waals surface area contributed by atoms with E-state index in [2.05, 4.69) is 18.8 Å². The molecule has 2 aromatic carbocycles. The van der Waals surface area contributed by atoms with Crippen molar-refractivity contribution in [3.05, 3.63) is 71.1 Å². The molecule has 31 heavy (non-hydrogen) atoms. The van der Waals surface area contributed by atoms with Gasteiger partial charge in [-0.1, -0.05) is 31.5 Å². The Morgan fingerprint density at radius 2 is 1.68 bits per heavy atom. The topological polar surface area (TPSA) is 55.6 Å². The first-order valence-electron chi connectivity index (χ1n) is 10.9. The molecular weight excluding hydrogens is 388 g/mol. The summed E-state index contributed by atoms with van der Waals surface area (Å²) >= 11 is 0. The summed E-state index contributed by atoms with van der Waals surface area (Å²) in [6.45, 7) is 10.4. The molecule has 5 nitrogen and oxygen atoms in total. The van der Waals surface area contributed by atoms with Crippen molar-refractivity contribution in [2.24, 2.45) is 11.8 Å². The third-order valence-corrected chi connectivity index (χ3v) is 5.82. The van der Waals surface area contributed by atoms with Gasteiger partial charge in [0.2, 0.25) is 5.89 Å². The molecule has 1 aliphatic rings. The Morgan fingerprint density at radius 1 is 1.03 bits per heavy atom. The second-order valence-electron chi connectivity index (χ2n) is 8.86. The van der Waals surface area contributed by atoms with Gasteiger partial charge in [0, 0.05) is 24.2 Å². The van der Waals surface area contributed by atoms with Gasteiger partial charge in [0.25, 0.3) is 5.91 Å². The van der Waals surface area contributed by atoms with Crippen molar-refractivity contribution < 1.29 is 13.9 Å². The highest BCUT2D eigenvalue weighted by molar-refractivity contribution is 5.94. The molecule has 0 bridgehead atoms. The van der Waals surface area contributed by atoms with Crippen LogP contribution in [0.5, 0.6) is 5.75 Å². The van der Waals surface area contributed by atoms with Crippen molar-refractivity contribution in [3.63, 3.8) is 0 Å². The van der Waals surface area contributed by atoms with E-state index < -0.39 is 0 Å². The number of oxazole rings is 1. The zero-order valence-corrected chi connectivity index (χ0v) is 18.7. The minimum Gasteiger partial charge on any atom is -0.487 e. The van der Waals surface area contributed by atoms with Gasteiger partial charge in [0.15, 0.2) is 0 Å². The van der Waals surface area contributed by atoms with E-state index in [-0.39, 0.29) is 5.91 Å². The third-order valence-electron chi connectivity index (χ3n) is 5.82. The molecule has 5 heteroatoms. The summed E-state index contributed by atoms with van der Waals surface area (Å²) < 4.78 is 11.7. The van der Waals surface area contributed by atoms with Crippen molar-refractivity contribution in [2.45, 2.75) is 40.7 Å². The van der Waals surface area contributed by atoms with Gasteiger partial charge >= 0.3 is 0 Å². The van der Waals surface area contributed by atoms with Crippen LogP contribution in [0.4, 0.5) is 0 Å². The number of amides is 1. The van der Waals surface area contributed by atoms with E-state index in [0.717, 1.165) is 35.9 Å². The average molecular weight is 419 g/mol. The van der Waals surface area contributed by atoms with Crippen LogP contribution in [0.15, 0.2) is 52.9 Å². The molecule has 1 fully saturated rings. The number of benzene rings is 2. The number of aromatic nitrogens is 1. The summed E-state index contributed by atoms with van der Waals surface area (Å²) in [5.41, 5.74) is 3.52. The van der Waals surface area contributed by atoms with Crippen LogP contribution in [-0.2, 0) is 6.61 Å². The van der Waals surface area contributed by atoms with E-state index in [1.165, 1.54) is 12.0 Å². The molecule has 1 aliphatic heterocycles. The van der Waals surface area contributed by atoms with Crippen LogP contribution in [0.3, 0.4) is 0 Å². The van der Waals surface area contributed by atoms with Gasteiger partial charge in [-0.05, 0) is 68.5 Å². The molecule has 0 N–H and O–H groups in total. The predicted molar refractivity (Wildman–Crippen MR) is 121 cm³/mol. The number of likely N-dealkylation sites (tertiary alicyclic amines) is 1. The maximum Gasteiger partial charge on any atom is 0.253 e. The lowest BCUT2D eigenvalue weighted by Gasteiger charge is -2.35. The molecule has 0 aliphatic carbocycles. The summed E-state index contributed by atoms with van der Waals surface area (Å²) in [5, 5.41) is 0. The van der Waals surface area contributed by atoms with Gasteiger partial charge in [-0.25, -0.2) is 4.98 Å². The number of hydrogen-bond donors (Lipinski definition) is 0. The molecule has 0 radical (unpaired) electrons. The van der Waals surface area contributed by atoms with E-state index >= 15 is 0 Å². The van der Waals surface area contributed by atoms with E-state index in [9.17, 15) is 4.79 Å². The fraction of sp³-hybridized carbons (Fsp3) is 0.385. The van der Waals surface area contributed by atoms with E-state index in [1.54, 1.807) is 0 Å². The Bertz CT molecular complexity index is 1030. The maximum atomic E-state index is 12.9. The van der Waals surface area contributed by atoms with Gasteiger partial charge in [0.1, 0.15) is 23.8 Å². The second-order valence-corrected chi connectivity index (χ2v) is 8.86. The molecule has 162 valence electrons. The Kier molecular flexibility index (Phi) is 6.12. The highest BCUT2D eigenvalue weighted by Gasteiger charge is 2.26. The zero-order valence-electron chi connectivity index (χ0n) is 18.7. The molecule has 2 heterocycles. The van der Waals surface area contributed by atoms with Crippen molar-refractivity contribution in [1.29, 1.82) is 0 Å². The number of hydrogen-bond acceptors (Lipinski definition) is 4. The predicted octanol–water partition coefficient (Wildman–Crippen LogP) is 5.66. The molecule has 1 aromatic heterocycles. The van der Waals surface area contributed by atoms with E-state index in [0.29, 0.717) is 29.9 Å². The standard InChI is InChI=1S/C26H30N2O3/c1-17-5-11-23(12-6-17)30-16-24-20(4)31-25(27-24)21-7-9-22(10-8-21)26(29)28-14-18(2)13-19(3)15-28/h5-12,18-19H,13-16H2,1-4H3/t18-,19-/m1/s1. The molecule has 0 unspecified atom stereocenters. The summed E-state index contributed by atoms with van der Waals surface area (Å²) in [6.07, 6.45) is 1.18. The lowest BCUT2D eigenvalue weighted by Crippen LogP contribution is -2.42. The third kappa shape index (κ3) is 4.98. The van der Waals surface area contributed by atoms with Crippen molar-refractivity contribution in [1.82, 2.24) is 9.88 Å². The number of ether oxygens (including phenoxy) is 1. The monoisotopic (exact) mass is 418 g/mol. The smallest absolute Gasteiger partial charge is 0.253 e. The Balaban J connectivity index is 1.43. The molecule has 0 spiro atoms. The van der Waals surface area contributed by atoms with Gasteiger partial charge in [-0.2, -0.15) is 0 Å². The maximum absolute atomic E-state index is 12.9. The summed E-state index contributed by atoms with van der Waals surface area (Å²) in [5.74, 6) is 3.27. The summed E-state index contributed by atoms with van der Waals surface area (Å²) in [7, 11) is 0. The number of rotatable bonds is 5. The Hall–Kier alpha value is -3.08. The largest absolute Gasteiger partial charge is 0.487 e. The number of piperidine rings is 1. The molecular formula is C26H30N2O3. The number of aryl methyl sites for hydroxylation is 2. The first-order chi connectivity index (χ1) is 14.9. The van der Waals surface area contributed by atoms with Crippen LogP contribution in [-0.4, -0.2) is 28.9 Å². The minimum absolute atomic E-state index is 0.0979. The lowest BCUT2D eigenvalue weighted by atomic mass is 9.91. The second kappa shape index (κ2) is 8.96. The molecule has 1 saturated heterocycles. The normalized spacial score (nSPS) is 18.8. The fourth-order valence-corrected chi connectivity index (χ4v) is 4.24. The molecule has 2 atom stereocenters. The highest BCUT2D eigenvalue weighted by atomic mass is 16.5. The van der Waals surface area contributed by atoms with Crippen LogP contribution in [0.2, 0.25) is 0 Å². The highest BCUT2D eigenvalue weighted by Crippen LogP contribution is 2.26. The molecule has 0 saturated carbocycles. The zero-order chi connectivity index (χ0) is 22.0. The van der Waals surface area contributed by atoms with Crippen LogP contribution in [0.25, 0.3) is 11.5 Å². The van der Waals surface area contributed by atoms with Crippen LogP contribution in [0, 0.1) is 25.7 Å². The van der Waals surface area contributed by atoms with Crippen LogP contribution in [0.1, 0.15) is 47.6 Å². The first-order valence-corrected chi connectivity index (χ1v) is 10.9. The van der Waals surface area contributed by atoms with Gasteiger partial charge < -0.3 is 14.1 Å². The van der Waals surface area contributed by atoms with Crippen LogP contribution < -0.4 is 4.74 Å². The summed E-state index contributed by atoms with van der Waals surface area (Å²) in [4.78, 5) is 19.5. The summed E-state index contributed by atoms with van der Waals surface area (Å²) in [6, 6.07) is 15.5. The van der Waals surface area contributed by atoms with Crippen LogP contribution >= 0.6 is 0 Å². The Labute approximate surface area is 184 Å². The van der Waals surface area contributed by atoms with E-state index in [1.807, 2.05) is 67.3 Å². The molecule has 4 rings (SSSR count). The average Bonchev–Trinajstić information content (AvgIpc) is 3.13. The number of carbonyl (C=O) groups is 1. The Morgan fingerprint density at radius 3 is 2.32 bits per heavy atom. The first kappa shape index (κ1) is 21.2. The van der Waals surface area contributed by atoms with Gasteiger partial charge in [-0.3, -0.25) is 4.79 Å². The van der Waals surface area contributed by atoms with E-state index in [4.69, 9.17) is 9.15 Å². The van der Waals surface area contributed by atoms with Gasteiger partial charge in [-0.15, -0.1) is 0 Å². The fourth-order valence-electron chi connectivity index (χ4n) is 4.24. The molecule has 1 amide bonds. The molecule has 3 aromatic rings. The van der Waals surface area contributed by atoms with Crippen molar-refractivity contribution in [3.8, 4) is 17.2 Å². The minimum atomic E-state index is 0.0979.